The van der Waals surface area contributed by atoms with E-state index >= 15 is 0 Å². The number of hydrogen-bond donors (Lipinski definition) is 3. The highest BCUT2D eigenvalue weighted by molar-refractivity contribution is 6.00. The number of nitrogens with one attached hydrogen (secondary N) is 3. The molecule has 0 spiro atoms. The molecular weight excluding hydrogens is 420 g/mol. The van der Waals surface area contributed by atoms with Crippen molar-refractivity contribution in [3.05, 3.63) is 70.9 Å². The summed E-state index contributed by atoms with van der Waals surface area (Å²) in [4.78, 5) is 39.2. The summed E-state index contributed by atoms with van der Waals surface area (Å²) in [6, 6.07) is 13.2. The van der Waals surface area contributed by atoms with Crippen molar-refractivity contribution in [2.75, 3.05) is 17.7 Å². The molecule has 2 aromatic rings. The lowest BCUT2D eigenvalue weighted by atomic mass is 9.94. The summed E-state index contributed by atoms with van der Waals surface area (Å²) in [6.45, 7) is 7.30. The van der Waals surface area contributed by atoms with Gasteiger partial charge in [0.25, 0.3) is 0 Å². The van der Waals surface area contributed by atoms with Crippen LogP contribution in [0.5, 0.6) is 0 Å². The second kappa shape index (κ2) is 10.2. The number of esters is 1. The van der Waals surface area contributed by atoms with Crippen LogP contribution < -0.4 is 16.0 Å². The first-order chi connectivity index (χ1) is 15.7. The molecule has 0 radical (unpaired) electrons. The lowest BCUT2D eigenvalue weighted by Gasteiger charge is -2.33. The zero-order valence-corrected chi connectivity index (χ0v) is 19.6. The molecule has 1 atom stereocenters. The van der Waals surface area contributed by atoms with Crippen molar-refractivity contribution in [2.24, 2.45) is 0 Å². The Kier molecular flexibility index (Phi) is 7.37. The van der Waals surface area contributed by atoms with Gasteiger partial charge in [0, 0.05) is 24.1 Å². The topological polar surface area (TPSA) is 99.8 Å². The molecular formula is C25H30N4O4. The van der Waals surface area contributed by atoms with Crippen LogP contribution in [0.15, 0.2) is 59.8 Å². The van der Waals surface area contributed by atoms with Crippen LogP contribution in [0, 0.1) is 0 Å². The average molecular weight is 451 g/mol. The smallest absolute Gasteiger partial charge is 0.338 e. The van der Waals surface area contributed by atoms with E-state index in [1.54, 1.807) is 52.1 Å². The molecule has 0 bridgehead atoms. The van der Waals surface area contributed by atoms with Gasteiger partial charge < -0.3 is 25.6 Å². The van der Waals surface area contributed by atoms with E-state index in [2.05, 4.69) is 16.0 Å². The Bertz CT molecular complexity index is 1090. The fraction of sp³-hybridized carbons (Fsp3) is 0.320. The summed E-state index contributed by atoms with van der Waals surface area (Å²) in [5.41, 5.74) is 3.86. The maximum atomic E-state index is 12.8. The van der Waals surface area contributed by atoms with Crippen molar-refractivity contribution in [1.29, 1.82) is 0 Å². The van der Waals surface area contributed by atoms with Crippen molar-refractivity contribution in [1.82, 2.24) is 10.2 Å². The van der Waals surface area contributed by atoms with E-state index in [4.69, 9.17) is 4.74 Å². The number of rotatable bonds is 6. The number of urea groups is 2. The number of aryl methyl sites for hydroxylation is 1. The van der Waals surface area contributed by atoms with Gasteiger partial charge in [-0.1, -0.05) is 31.2 Å². The summed E-state index contributed by atoms with van der Waals surface area (Å²) >= 11 is 0. The zero-order chi connectivity index (χ0) is 24.1. The highest BCUT2D eigenvalue weighted by atomic mass is 16.5. The molecule has 0 saturated carbocycles. The van der Waals surface area contributed by atoms with E-state index < -0.39 is 12.0 Å². The highest BCUT2D eigenvalue weighted by Gasteiger charge is 2.35. The number of allylic oxidation sites excluding steroid dienone is 1. The van der Waals surface area contributed by atoms with Crippen molar-refractivity contribution >= 4 is 29.4 Å². The maximum Gasteiger partial charge on any atom is 0.338 e. The van der Waals surface area contributed by atoms with Gasteiger partial charge in [-0.2, -0.15) is 0 Å². The SMILES string of the molecule is CCc1cccc(NC(=O)Nc2cccc(C3NC(=O)N(C)C(C)=C3C(=O)OC(C)C)c2)c1. The van der Waals surface area contributed by atoms with Crippen LogP contribution in [-0.4, -0.2) is 36.1 Å². The molecule has 1 aliphatic rings. The minimum atomic E-state index is -0.703. The Labute approximate surface area is 194 Å². The van der Waals surface area contributed by atoms with Crippen molar-refractivity contribution in [2.45, 2.75) is 46.3 Å². The molecule has 1 aliphatic heterocycles. The Morgan fingerprint density at radius 1 is 1.09 bits per heavy atom. The normalized spacial score (nSPS) is 15.9. The number of nitrogens with zero attached hydrogens (tertiary/aromatic N) is 1. The largest absolute Gasteiger partial charge is 0.459 e. The number of hydrogen-bond acceptors (Lipinski definition) is 4. The van der Waals surface area contributed by atoms with Crippen LogP contribution >= 0.6 is 0 Å². The van der Waals surface area contributed by atoms with Crippen LogP contribution in [0.2, 0.25) is 0 Å². The fourth-order valence-electron chi connectivity index (χ4n) is 3.59. The second-order valence-corrected chi connectivity index (χ2v) is 8.15. The second-order valence-electron chi connectivity index (χ2n) is 8.15. The molecule has 3 N–H and O–H groups in total. The van der Waals surface area contributed by atoms with E-state index in [0.717, 1.165) is 12.0 Å². The number of anilines is 2. The molecule has 4 amide bonds. The molecule has 3 rings (SSSR count). The van der Waals surface area contributed by atoms with Gasteiger partial charge in [0.15, 0.2) is 0 Å². The minimum Gasteiger partial charge on any atom is -0.459 e. The van der Waals surface area contributed by atoms with E-state index in [1.807, 2.05) is 31.2 Å². The van der Waals surface area contributed by atoms with Crippen LogP contribution in [0.1, 0.15) is 44.9 Å². The molecule has 8 nitrogen and oxygen atoms in total. The molecule has 8 heteroatoms. The Morgan fingerprint density at radius 3 is 2.36 bits per heavy atom. The number of ether oxygens (including phenoxy) is 1. The summed E-state index contributed by atoms with van der Waals surface area (Å²) in [6.07, 6.45) is 0.569. The van der Waals surface area contributed by atoms with Gasteiger partial charge in [-0.25, -0.2) is 14.4 Å². The first-order valence-corrected chi connectivity index (χ1v) is 10.9. The Balaban J connectivity index is 1.83. The summed E-state index contributed by atoms with van der Waals surface area (Å²) in [7, 11) is 1.60. The summed E-state index contributed by atoms with van der Waals surface area (Å²) in [5, 5.41) is 8.48. The summed E-state index contributed by atoms with van der Waals surface area (Å²) < 4.78 is 5.42. The molecule has 33 heavy (non-hydrogen) atoms. The van der Waals surface area contributed by atoms with Gasteiger partial charge in [-0.05, 0) is 62.6 Å². The third-order valence-corrected chi connectivity index (χ3v) is 5.39. The van der Waals surface area contributed by atoms with Gasteiger partial charge in [0.2, 0.25) is 0 Å². The maximum absolute atomic E-state index is 12.8. The average Bonchev–Trinajstić information content (AvgIpc) is 2.76. The number of carbonyl (C=O) groups excluding carboxylic acids is 3. The lowest BCUT2D eigenvalue weighted by Crippen LogP contribution is -2.46. The van der Waals surface area contributed by atoms with Crippen molar-refractivity contribution < 1.29 is 19.1 Å². The molecule has 0 saturated heterocycles. The molecule has 0 fully saturated rings. The third-order valence-electron chi connectivity index (χ3n) is 5.39. The molecule has 0 aliphatic carbocycles. The third kappa shape index (κ3) is 5.71. The first-order valence-electron chi connectivity index (χ1n) is 10.9. The van der Waals surface area contributed by atoms with Gasteiger partial charge >= 0.3 is 18.0 Å². The van der Waals surface area contributed by atoms with Crippen LogP contribution in [0.25, 0.3) is 0 Å². The molecule has 1 heterocycles. The van der Waals surface area contributed by atoms with Gasteiger partial charge in [-0.15, -0.1) is 0 Å². The number of amides is 4. The van der Waals surface area contributed by atoms with Crippen LogP contribution in [0.3, 0.4) is 0 Å². The zero-order valence-electron chi connectivity index (χ0n) is 19.6. The number of benzene rings is 2. The highest BCUT2D eigenvalue weighted by Crippen LogP contribution is 2.32. The molecule has 0 aromatic heterocycles. The van der Waals surface area contributed by atoms with Crippen LogP contribution in [-0.2, 0) is 16.0 Å². The quantitative estimate of drug-likeness (QED) is 0.550. The van der Waals surface area contributed by atoms with Crippen molar-refractivity contribution in [3.63, 3.8) is 0 Å². The molecule has 2 aromatic carbocycles. The predicted molar refractivity (Wildman–Crippen MR) is 128 cm³/mol. The van der Waals surface area contributed by atoms with Gasteiger partial charge in [0.1, 0.15) is 0 Å². The van der Waals surface area contributed by atoms with Gasteiger partial charge in [-0.3, -0.25) is 0 Å². The van der Waals surface area contributed by atoms with E-state index in [1.165, 1.54) is 4.90 Å². The van der Waals surface area contributed by atoms with E-state index in [-0.39, 0.29) is 18.2 Å². The van der Waals surface area contributed by atoms with E-state index in [9.17, 15) is 14.4 Å². The predicted octanol–water partition coefficient (Wildman–Crippen LogP) is 4.81. The van der Waals surface area contributed by atoms with E-state index in [0.29, 0.717) is 28.2 Å². The van der Waals surface area contributed by atoms with Crippen LogP contribution in [0.4, 0.5) is 21.0 Å². The molecule has 174 valence electrons. The Hall–Kier alpha value is -3.81. The first kappa shape index (κ1) is 23.8. The standard InChI is InChI=1S/C25H30N4O4/c1-6-17-9-7-11-19(13-17)26-24(31)27-20-12-8-10-18(14-20)22-21(23(30)33-15(2)3)16(4)29(5)25(32)28-22/h7-15,22H,6H2,1-5H3,(H,28,32)(H2,26,27,31). The lowest BCUT2D eigenvalue weighted by molar-refractivity contribution is -0.143. The Morgan fingerprint density at radius 2 is 1.73 bits per heavy atom. The number of carbonyl (C=O) groups is 3. The molecule has 1 unspecified atom stereocenters. The minimum absolute atomic E-state index is 0.302. The van der Waals surface area contributed by atoms with Crippen molar-refractivity contribution in [3.8, 4) is 0 Å². The summed E-state index contributed by atoms with van der Waals surface area (Å²) in [5.74, 6) is -0.494. The monoisotopic (exact) mass is 450 g/mol. The van der Waals surface area contributed by atoms with Gasteiger partial charge in [0.05, 0.1) is 17.7 Å². The fourth-order valence-corrected chi connectivity index (χ4v) is 3.59.